The first kappa shape index (κ1) is 15.5. The number of aliphatic hydroxyl groups is 1. The summed E-state index contributed by atoms with van der Waals surface area (Å²) in [5.41, 5.74) is 0.567. The lowest BCUT2D eigenvalue weighted by atomic mass is 10.1. The molecular formula is C17H20FNO2. The number of amides is 1. The normalized spacial score (nSPS) is 19.6. The van der Waals surface area contributed by atoms with Gasteiger partial charge in [-0.25, -0.2) is 4.39 Å². The number of nitrogens with one attached hydrogen (secondary N) is 1. The monoisotopic (exact) mass is 289 g/mol. The van der Waals surface area contributed by atoms with Gasteiger partial charge >= 0.3 is 0 Å². The van der Waals surface area contributed by atoms with Gasteiger partial charge < -0.3 is 10.4 Å². The van der Waals surface area contributed by atoms with Crippen LogP contribution in [0.4, 0.5) is 4.39 Å². The average Bonchev–Trinajstić information content (AvgIpc) is 3.19. The molecule has 2 N–H and O–H groups in total. The number of carbonyl (C=O) groups excluding carboxylic acids is 1. The Bertz CT molecular complexity index is 574. The summed E-state index contributed by atoms with van der Waals surface area (Å²) in [7, 11) is 0. The van der Waals surface area contributed by atoms with Gasteiger partial charge in [-0.2, -0.15) is 0 Å². The van der Waals surface area contributed by atoms with E-state index in [9.17, 15) is 9.18 Å². The molecule has 1 saturated carbocycles. The van der Waals surface area contributed by atoms with Crippen molar-refractivity contribution in [3.8, 4) is 11.8 Å². The van der Waals surface area contributed by atoms with E-state index < -0.39 is 5.82 Å². The van der Waals surface area contributed by atoms with Crippen LogP contribution >= 0.6 is 0 Å². The summed E-state index contributed by atoms with van der Waals surface area (Å²) < 4.78 is 13.8. The number of benzene rings is 1. The molecule has 2 unspecified atom stereocenters. The molecule has 0 bridgehead atoms. The minimum absolute atomic E-state index is 0.0462. The molecule has 1 aromatic rings. The Labute approximate surface area is 124 Å². The Kier molecular flexibility index (Phi) is 5.35. The molecule has 0 aromatic heterocycles. The van der Waals surface area contributed by atoms with Gasteiger partial charge in [0.05, 0.1) is 12.2 Å². The zero-order valence-electron chi connectivity index (χ0n) is 12.2. The number of hydrogen-bond donors (Lipinski definition) is 2. The maximum absolute atomic E-state index is 13.8. The van der Waals surface area contributed by atoms with Crippen molar-refractivity contribution in [1.82, 2.24) is 5.32 Å². The van der Waals surface area contributed by atoms with E-state index in [2.05, 4.69) is 24.1 Å². The van der Waals surface area contributed by atoms with Gasteiger partial charge in [0, 0.05) is 18.0 Å². The SMILES string of the molecule is CCCC1CC1NC(=O)c1ccc(C#CCCO)c(F)c1. The van der Waals surface area contributed by atoms with E-state index in [1.54, 1.807) is 6.07 Å². The van der Waals surface area contributed by atoms with Crippen LogP contribution in [0.5, 0.6) is 0 Å². The highest BCUT2D eigenvalue weighted by Gasteiger charge is 2.37. The van der Waals surface area contributed by atoms with Gasteiger partial charge in [-0.1, -0.05) is 25.2 Å². The molecule has 1 fully saturated rings. The molecule has 3 nitrogen and oxygen atoms in total. The second-order valence-electron chi connectivity index (χ2n) is 5.33. The molecule has 2 rings (SSSR count). The summed E-state index contributed by atoms with van der Waals surface area (Å²) in [6.07, 6.45) is 3.57. The predicted molar refractivity (Wildman–Crippen MR) is 79.3 cm³/mol. The smallest absolute Gasteiger partial charge is 0.251 e. The molecule has 0 saturated heterocycles. The highest BCUT2D eigenvalue weighted by molar-refractivity contribution is 5.94. The number of rotatable bonds is 5. The molecule has 1 aliphatic rings. The second-order valence-corrected chi connectivity index (χ2v) is 5.33. The molecule has 0 aliphatic heterocycles. The van der Waals surface area contributed by atoms with Gasteiger partial charge in [0.15, 0.2) is 0 Å². The van der Waals surface area contributed by atoms with Gasteiger partial charge in [-0.15, -0.1) is 0 Å². The standard InChI is InChI=1S/C17H20FNO2/c1-2-5-13-11-16(13)19-17(21)14-8-7-12(15(18)10-14)6-3-4-9-20/h7-8,10,13,16,20H,2,4-5,9,11H2,1H3,(H,19,21). The first-order valence-corrected chi connectivity index (χ1v) is 7.35. The number of hydrogen-bond acceptors (Lipinski definition) is 2. The fourth-order valence-corrected chi connectivity index (χ4v) is 2.34. The van der Waals surface area contributed by atoms with Crippen LogP contribution in [-0.2, 0) is 0 Å². The van der Waals surface area contributed by atoms with Crippen molar-refractivity contribution < 1.29 is 14.3 Å². The Balaban J connectivity index is 1.97. The molecule has 4 heteroatoms. The van der Waals surface area contributed by atoms with Crippen molar-refractivity contribution in [3.63, 3.8) is 0 Å². The van der Waals surface area contributed by atoms with Crippen molar-refractivity contribution in [2.24, 2.45) is 5.92 Å². The highest BCUT2D eigenvalue weighted by atomic mass is 19.1. The van der Waals surface area contributed by atoms with Crippen molar-refractivity contribution in [3.05, 3.63) is 35.1 Å². The lowest BCUT2D eigenvalue weighted by Crippen LogP contribution is -2.26. The van der Waals surface area contributed by atoms with E-state index in [0.29, 0.717) is 17.9 Å². The van der Waals surface area contributed by atoms with E-state index in [1.165, 1.54) is 12.1 Å². The zero-order valence-corrected chi connectivity index (χ0v) is 12.2. The van der Waals surface area contributed by atoms with Crippen LogP contribution < -0.4 is 5.32 Å². The van der Waals surface area contributed by atoms with Gasteiger partial charge in [-0.3, -0.25) is 4.79 Å². The van der Waals surface area contributed by atoms with E-state index in [0.717, 1.165) is 19.3 Å². The van der Waals surface area contributed by atoms with E-state index in [1.807, 2.05) is 0 Å². The quantitative estimate of drug-likeness (QED) is 0.818. The maximum Gasteiger partial charge on any atom is 0.251 e. The first-order chi connectivity index (χ1) is 10.2. The van der Waals surface area contributed by atoms with Gasteiger partial charge in [0.1, 0.15) is 5.82 Å². The second kappa shape index (κ2) is 7.24. The van der Waals surface area contributed by atoms with Crippen molar-refractivity contribution >= 4 is 5.91 Å². The highest BCUT2D eigenvalue weighted by Crippen LogP contribution is 2.34. The van der Waals surface area contributed by atoms with E-state index >= 15 is 0 Å². The van der Waals surface area contributed by atoms with Gasteiger partial charge in [0.2, 0.25) is 0 Å². The van der Waals surface area contributed by atoms with E-state index in [4.69, 9.17) is 5.11 Å². The third-order valence-corrected chi connectivity index (χ3v) is 3.59. The molecule has 112 valence electrons. The Morgan fingerprint density at radius 2 is 2.33 bits per heavy atom. The third kappa shape index (κ3) is 4.30. The van der Waals surface area contributed by atoms with Crippen LogP contribution in [0.1, 0.15) is 48.5 Å². The molecule has 0 heterocycles. The Morgan fingerprint density at radius 1 is 1.52 bits per heavy atom. The van der Waals surface area contributed by atoms with Crippen LogP contribution in [0.25, 0.3) is 0 Å². The van der Waals surface area contributed by atoms with Crippen LogP contribution in [0.2, 0.25) is 0 Å². The average molecular weight is 289 g/mol. The maximum atomic E-state index is 13.8. The summed E-state index contributed by atoms with van der Waals surface area (Å²) in [5.74, 6) is 5.14. The Hall–Kier alpha value is -1.86. The number of aliphatic hydroxyl groups excluding tert-OH is 1. The largest absolute Gasteiger partial charge is 0.395 e. The van der Waals surface area contributed by atoms with Gasteiger partial charge in [-0.05, 0) is 37.0 Å². The Morgan fingerprint density at radius 3 is 3.00 bits per heavy atom. The molecule has 21 heavy (non-hydrogen) atoms. The fourth-order valence-electron chi connectivity index (χ4n) is 2.34. The lowest BCUT2D eigenvalue weighted by Gasteiger charge is -2.05. The van der Waals surface area contributed by atoms with Crippen molar-refractivity contribution in [2.45, 2.75) is 38.6 Å². The van der Waals surface area contributed by atoms with Crippen LogP contribution in [-0.4, -0.2) is 23.7 Å². The van der Waals surface area contributed by atoms with Crippen LogP contribution in [0, 0.1) is 23.6 Å². The van der Waals surface area contributed by atoms with Crippen molar-refractivity contribution in [2.75, 3.05) is 6.61 Å². The molecular weight excluding hydrogens is 269 g/mol. The molecule has 1 aromatic carbocycles. The molecule has 2 atom stereocenters. The number of halogens is 1. The van der Waals surface area contributed by atoms with Crippen LogP contribution in [0.3, 0.4) is 0 Å². The summed E-state index contributed by atoms with van der Waals surface area (Å²) >= 11 is 0. The molecule has 0 spiro atoms. The molecule has 1 amide bonds. The molecule has 1 aliphatic carbocycles. The summed E-state index contributed by atoms with van der Waals surface area (Å²) in [4.78, 5) is 12.0. The van der Waals surface area contributed by atoms with Gasteiger partial charge in [0.25, 0.3) is 5.91 Å². The first-order valence-electron chi connectivity index (χ1n) is 7.35. The fraction of sp³-hybridized carbons (Fsp3) is 0.471. The van der Waals surface area contributed by atoms with E-state index in [-0.39, 0.29) is 24.1 Å². The van der Waals surface area contributed by atoms with Crippen molar-refractivity contribution in [1.29, 1.82) is 0 Å². The van der Waals surface area contributed by atoms with Crippen LogP contribution in [0.15, 0.2) is 18.2 Å². The summed E-state index contributed by atoms with van der Waals surface area (Å²) in [5, 5.41) is 11.6. The minimum Gasteiger partial charge on any atom is -0.395 e. The summed E-state index contributed by atoms with van der Waals surface area (Å²) in [6, 6.07) is 4.54. The summed E-state index contributed by atoms with van der Waals surface area (Å²) in [6.45, 7) is 2.08. The predicted octanol–water partition coefficient (Wildman–Crippen LogP) is 2.48. The molecule has 0 radical (unpaired) electrons. The minimum atomic E-state index is -0.506. The zero-order chi connectivity index (χ0) is 15.2. The number of carbonyl (C=O) groups is 1. The third-order valence-electron chi connectivity index (χ3n) is 3.59. The topological polar surface area (TPSA) is 49.3 Å². The lowest BCUT2D eigenvalue weighted by molar-refractivity contribution is 0.0948.